The summed E-state index contributed by atoms with van der Waals surface area (Å²) in [5.74, 6) is 0.913. The molecule has 1 saturated carbocycles. The molecule has 0 spiro atoms. The van der Waals surface area contributed by atoms with Crippen LogP contribution < -0.4 is 0 Å². The molecule has 1 unspecified atom stereocenters. The van der Waals surface area contributed by atoms with Crippen molar-refractivity contribution >= 4 is 11.5 Å². The molecule has 0 N–H and O–H groups in total. The molecule has 2 heteroatoms. The molecule has 60 valence electrons. The summed E-state index contributed by atoms with van der Waals surface area (Å²) in [5.41, 5.74) is 1.32. The van der Waals surface area contributed by atoms with E-state index in [1.807, 2.05) is 0 Å². The van der Waals surface area contributed by atoms with E-state index in [0.717, 1.165) is 12.8 Å². The number of hydrogen-bond donors (Lipinski definition) is 0. The van der Waals surface area contributed by atoms with Crippen molar-refractivity contribution in [2.75, 3.05) is 0 Å². The van der Waals surface area contributed by atoms with Gasteiger partial charge >= 0.3 is 0 Å². The average molecular weight is 151 g/mol. The normalized spacial score (nSPS) is 35.2. The molecule has 2 atom stereocenters. The lowest BCUT2D eigenvalue weighted by atomic mass is 10.0. The van der Waals surface area contributed by atoms with Gasteiger partial charge in [-0.3, -0.25) is 9.79 Å². The summed E-state index contributed by atoms with van der Waals surface area (Å²) < 4.78 is 0. The first-order valence-corrected chi connectivity index (χ1v) is 4.34. The minimum Gasteiger partial charge on any atom is -0.298 e. The van der Waals surface area contributed by atoms with Crippen LogP contribution in [0.4, 0.5) is 0 Å². The van der Waals surface area contributed by atoms with Gasteiger partial charge in [-0.15, -0.1) is 0 Å². The van der Waals surface area contributed by atoms with Gasteiger partial charge in [0.25, 0.3) is 0 Å². The molecule has 1 fully saturated rings. The van der Waals surface area contributed by atoms with E-state index < -0.39 is 0 Å². The van der Waals surface area contributed by atoms with E-state index >= 15 is 0 Å². The van der Waals surface area contributed by atoms with E-state index in [4.69, 9.17) is 0 Å². The molecule has 1 heterocycles. The van der Waals surface area contributed by atoms with Crippen molar-refractivity contribution in [3.05, 3.63) is 0 Å². The Morgan fingerprint density at radius 2 is 2.45 bits per heavy atom. The summed E-state index contributed by atoms with van der Waals surface area (Å²) in [7, 11) is 0. The molecule has 0 aromatic rings. The lowest BCUT2D eigenvalue weighted by Gasteiger charge is -2.02. The van der Waals surface area contributed by atoms with Crippen molar-refractivity contribution in [3.8, 4) is 0 Å². The van der Waals surface area contributed by atoms with Crippen LogP contribution in [0, 0.1) is 5.92 Å². The molecule has 0 aromatic heterocycles. The van der Waals surface area contributed by atoms with Crippen LogP contribution in [0.5, 0.6) is 0 Å². The largest absolute Gasteiger partial charge is 0.298 e. The molecular formula is C9H13NO. The van der Waals surface area contributed by atoms with Crippen molar-refractivity contribution in [1.82, 2.24) is 0 Å². The maximum Gasteiger partial charge on any atom is 0.154 e. The first-order valence-electron chi connectivity index (χ1n) is 4.34. The first-order chi connectivity index (χ1) is 5.27. The average Bonchev–Trinajstić information content (AvgIpc) is 2.40. The maximum absolute atomic E-state index is 11.0. The molecule has 2 aliphatic rings. The van der Waals surface area contributed by atoms with Crippen LogP contribution in [0.2, 0.25) is 0 Å². The van der Waals surface area contributed by atoms with Gasteiger partial charge in [-0.25, -0.2) is 0 Å². The highest BCUT2D eigenvalue weighted by atomic mass is 16.1. The van der Waals surface area contributed by atoms with Gasteiger partial charge in [0.15, 0.2) is 5.78 Å². The molecule has 2 nitrogen and oxygen atoms in total. The van der Waals surface area contributed by atoms with Gasteiger partial charge in [-0.05, 0) is 38.5 Å². The summed E-state index contributed by atoms with van der Waals surface area (Å²) in [6.45, 7) is 1.65. The van der Waals surface area contributed by atoms with E-state index in [1.54, 1.807) is 6.92 Å². The summed E-state index contributed by atoms with van der Waals surface area (Å²) in [6.07, 6.45) is 4.70. The summed E-state index contributed by atoms with van der Waals surface area (Å²) >= 11 is 0. The van der Waals surface area contributed by atoms with Crippen molar-refractivity contribution in [3.63, 3.8) is 0 Å². The van der Waals surface area contributed by atoms with Gasteiger partial charge < -0.3 is 0 Å². The number of nitrogens with zero attached hydrogens (tertiary/aromatic N) is 1. The zero-order chi connectivity index (χ0) is 7.84. The number of ketones is 1. The number of Topliss-reactive ketones (excluding diaryl/α,β-unsaturated/α-hetero) is 1. The Hall–Kier alpha value is -0.660. The summed E-state index contributed by atoms with van der Waals surface area (Å²) in [6, 6.07) is 0.0234. The Balaban J connectivity index is 2.13. The lowest BCUT2D eigenvalue weighted by Crippen LogP contribution is -2.12. The topological polar surface area (TPSA) is 29.4 Å². The van der Waals surface area contributed by atoms with Gasteiger partial charge in [-0.1, -0.05) is 0 Å². The van der Waals surface area contributed by atoms with Gasteiger partial charge in [0, 0.05) is 5.71 Å². The SMILES string of the molecule is CC(=O)[C@@H]1CC2CCCC2=N1. The number of rotatable bonds is 1. The van der Waals surface area contributed by atoms with Gasteiger partial charge in [0.05, 0.1) is 0 Å². The molecule has 1 aliphatic heterocycles. The standard InChI is InChI=1S/C9H13NO/c1-6(11)9-5-7-3-2-4-8(7)10-9/h7,9H,2-5H2,1H3/t7?,9-/m0/s1. The van der Waals surface area contributed by atoms with Crippen LogP contribution in [0.25, 0.3) is 0 Å². The predicted molar refractivity (Wildman–Crippen MR) is 43.9 cm³/mol. The lowest BCUT2D eigenvalue weighted by molar-refractivity contribution is -0.118. The second-order valence-corrected chi connectivity index (χ2v) is 3.57. The fourth-order valence-electron chi connectivity index (χ4n) is 2.10. The van der Waals surface area contributed by atoms with Crippen LogP contribution in [0.15, 0.2) is 4.99 Å². The van der Waals surface area contributed by atoms with Crippen LogP contribution in [-0.4, -0.2) is 17.5 Å². The molecule has 2 rings (SSSR count). The minimum atomic E-state index is 0.0234. The molecule has 1 aliphatic carbocycles. The Bertz CT molecular complexity index is 220. The minimum absolute atomic E-state index is 0.0234. The fraction of sp³-hybridized carbons (Fsp3) is 0.778. The van der Waals surface area contributed by atoms with Crippen molar-refractivity contribution in [2.45, 2.75) is 38.6 Å². The summed E-state index contributed by atoms with van der Waals surface area (Å²) in [4.78, 5) is 15.4. The Morgan fingerprint density at radius 3 is 3.09 bits per heavy atom. The van der Waals surface area contributed by atoms with E-state index in [0.29, 0.717) is 5.92 Å². The van der Waals surface area contributed by atoms with Crippen molar-refractivity contribution in [2.24, 2.45) is 10.9 Å². The molecule has 0 saturated heterocycles. The number of fused-ring (bicyclic) bond motifs is 1. The van der Waals surface area contributed by atoms with E-state index in [1.165, 1.54) is 18.6 Å². The quantitative estimate of drug-likeness (QED) is 0.559. The third-order valence-corrected chi connectivity index (χ3v) is 2.76. The third-order valence-electron chi connectivity index (χ3n) is 2.76. The second-order valence-electron chi connectivity index (χ2n) is 3.57. The predicted octanol–water partition coefficient (Wildman–Crippen LogP) is 1.59. The summed E-state index contributed by atoms with van der Waals surface area (Å²) in [5, 5.41) is 0. The Morgan fingerprint density at radius 1 is 1.64 bits per heavy atom. The highest BCUT2D eigenvalue weighted by Gasteiger charge is 2.33. The second kappa shape index (κ2) is 2.43. The molecule has 0 bridgehead atoms. The zero-order valence-electron chi connectivity index (χ0n) is 6.84. The monoisotopic (exact) mass is 151 g/mol. The molecule has 0 amide bonds. The number of aliphatic imine (C=N–C) groups is 1. The van der Waals surface area contributed by atoms with E-state index in [-0.39, 0.29) is 11.8 Å². The van der Waals surface area contributed by atoms with Crippen LogP contribution in [0.1, 0.15) is 32.6 Å². The van der Waals surface area contributed by atoms with Gasteiger partial charge in [0.1, 0.15) is 6.04 Å². The van der Waals surface area contributed by atoms with E-state index in [2.05, 4.69) is 4.99 Å². The number of hydrogen-bond acceptors (Lipinski definition) is 2. The smallest absolute Gasteiger partial charge is 0.154 e. The van der Waals surface area contributed by atoms with Gasteiger partial charge in [-0.2, -0.15) is 0 Å². The zero-order valence-corrected chi connectivity index (χ0v) is 6.84. The first kappa shape index (κ1) is 7.01. The van der Waals surface area contributed by atoms with Crippen molar-refractivity contribution < 1.29 is 4.79 Å². The highest BCUT2D eigenvalue weighted by molar-refractivity contribution is 5.95. The molecular weight excluding hydrogens is 138 g/mol. The highest BCUT2D eigenvalue weighted by Crippen LogP contribution is 2.33. The Labute approximate surface area is 66.7 Å². The molecule has 0 radical (unpaired) electrons. The number of carbonyl (C=O) groups excluding carboxylic acids is 1. The number of carbonyl (C=O) groups is 1. The third kappa shape index (κ3) is 1.10. The van der Waals surface area contributed by atoms with Crippen LogP contribution in [-0.2, 0) is 4.79 Å². The fourth-order valence-corrected chi connectivity index (χ4v) is 2.10. The molecule has 11 heavy (non-hydrogen) atoms. The maximum atomic E-state index is 11.0. The van der Waals surface area contributed by atoms with Crippen molar-refractivity contribution in [1.29, 1.82) is 0 Å². The van der Waals surface area contributed by atoms with Crippen LogP contribution >= 0.6 is 0 Å². The van der Waals surface area contributed by atoms with E-state index in [9.17, 15) is 4.79 Å². The van der Waals surface area contributed by atoms with Crippen LogP contribution in [0.3, 0.4) is 0 Å². The molecule has 0 aromatic carbocycles. The Kier molecular flexibility index (Phi) is 1.55. The van der Waals surface area contributed by atoms with Gasteiger partial charge in [0.2, 0.25) is 0 Å².